The summed E-state index contributed by atoms with van der Waals surface area (Å²) in [6.07, 6.45) is 4.06. The maximum absolute atomic E-state index is 12.4. The smallest absolute Gasteiger partial charge is 0.200 e. The van der Waals surface area contributed by atoms with Gasteiger partial charge in [-0.2, -0.15) is 0 Å². The van der Waals surface area contributed by atoms with Crippen LogP contribution in [0.4, 0.5) is 5.69 Å². The first-order valence-corrected chi connectivity index (χ1v) is 9.79. The number of anilines is 1. The molecule has 0 aliphatic heterocycles. The highest BCUT2D eigenvalue weighted by Crippen LogP contribution is 2.42. The largest absolute Gasteiger partial charge is 0.377 e. The van der Waals surface area contributed by atoms with Gasteiger partial charge in [0, 0.05) is 0 Å². The second kappa shape index (κ2) is 6.20. The summed E-state index contributed by atoms with van der Waals surface area (Å²) < 4.78 is 24.0. The molecule has 1 heterocycles. The summed E-state index contributed by atoms with van der Waals surface area (Å²) >= 11 is 0. The predicted molar refractivity (Wildman–Crippen MR) is 96.7 cm³/mol. The van der Waals surface area contributed by atoms with Gasteiger partial charge in [0.1, 0.15) is 0 Å². The van der Waals surface area contributed by atoms with E-state index in [4.69, 9.17) is 0 Å². The Morgan fingerprint density at radius 2 is 1.75 bits per heavy atom. The fourth-order valence-electron chi connectivity index (χ4n) is 2.68. The summed E-state index contributed by atoms with van der Waals surface area (Å²) in [6.45, 7) is 5.07. The maximum atomic E-state index is 12.4. The standard InChI is InChI=1S/C19H24N2O2S/c1-19(2,3)24(22,23)17-12-11-16(13-20-17)21-18(15-9-10-15)14-7-5-4-6-8-14/h4-8,11-13,15,18,21H,9-10H2,1-3H3. The molecule has 1 aliphatic rings. The Morgan fingerprint density at radius 1 is 1.08 bits per heavy atom. The lowest BCUT2D eigenvalue weighted by atomic mass is 10.0. The van der Waals surface area contributed by atoms with Gasteiger partial charge < -0.3 is 5.32 Å². The monoisotopic (exact) mass is 344 g/mol. The van der Waals surface area contributed by atoms with Crippen molar-refractivity contribution in [2.24, 2.45) is 5.92 Å². The number of nitrogens with one attached hydrogen (secondary N) is 1. The number of hydrogen-bond acceptors (Lipinski definition) is 4. The fourth-order valence-corrected chi connectivity index (χ4v) is 3.75. The van der Waals surface area contributed by atoms with Gasteiger partial charge in [-0.05, 0) is 57.2 Å². The Bertz CT molecular complexity index is 790. The summed E-state index contributed by atoms with van der Waals surface area (Å²) in [5, 5.41) is 3.65. The highest BCUT2D eigenvalue weighted by molar-refractivity contribution is 7.92. The lowest BCUT2D eigenvalue weighted by Crippen LogP contribution is -2.28. The minimum Gasteiger partial charge on any atom is -0.377 e. The maximum Gasteiger partial charge on any atom is 0.200 e. The van der Waals surface area contributed by atoms with E-state index in [9.17, 15) is 8.42 Å². The van der Waals surface area contributed by atoms with Gasteiger partial charge in [0.05, 0.1) is 22.7 Å². The van der Waals surface area contributed by atoms with Gasteiger partial charge in [-0.15, -0.1) is 0 Å². The fraction of sp³-hybridized carbons (Fsp3) is 0.421. The van der Waals surface area contributed by atoms with E-state index in [1.165, 1.54) is 18.4 Å². The molecule has 0 amide bonds. The van der Waals surface area contributed by atoms with E-state index in [-0.39, 0.29) is 11.1 Å². The minimum absolute atomic E-state index is 0.128. The molecule has 1 atom stereocenters. The number of sulfone groups is 1. The quantitative estimate of drug-likeness (QED) is 0.882. The first-order chi connectivity index (χ1) is 11.3. The van der Waals surface area contributed by atoms with Gasteiger partial charge in [0.15, 0.2) is 14.9 Å². The van der Waals surface area contributed by atoms with Crippen molar-refractivity contribution in [3.63, 3.8) is 0 Å². The van der Waals surface area contributed by atoms with Crippen LogP contribution in [-0.4, -0.2) is 18.1 Å². The SMILES string of the molecule is CC(C)(C)S(=O)(=O)c1ccc(NC(c2ccccc2)C2CC2)cn1. The van der Waals surface area contributed by atoms with Crippen LogP contribution < -0.4 is 5.32 Å². The average molecular weight is 344 g/mol. The molecule has 0 spiro atoms. The van der Waals surface area contributed by atoms with Gasteiger partial charge in [-0.3, -0.25) is 0 Å². The number of pyridine rings is 1. The van der Waals surface area contributed by atoms with Gasteiger partial charge in [-0.1, -0.05) is 30.3 Å². The van der Waals surface area contributed by atoms with Gasteiger partial charge in [0.2, 0.25) is 0 Å². The predicted octanol–water partition coefficient (Wildman–Crippen LogP) is 4.22. The van der Waals surface area contributed by atoms with Crippen molar-refractivity contribution in [1.29, 1.82) is 0 Å². The molecule has 0 bridgehead atoms. The molecule has 1 aliphatic carbocycles. The summed E-state index contributed by atoms with van der Waals surface area (Å²) in [4.78, 5) is 4.19. The van der Waals surface area contributed by atoms with Crippen LogP contribution in [0.15, 0.2) is 53.7 Å². The number of hydrogen-bond donors (Lipinski definition) is 1. The van der Waals surface area contributed by atoms with Gasteiger partial charge in [0.25, 0.3) is 0 Å². The molecule has 1 fully saturated rings. The molecule has 1 aromatic carbocycles. The van der Waals surface area contributed by atoms with Crippen LogP contribution in [0.25, 0.3) is 0 Å². The van der Waals surface area contributed by atoms with Crippen molar-refractivity contribution in [3.05, 3.63) is 54.2 Å². The Kier molecular flexibility index (Phi) is 4.38. The Hall–Kier alpha value is -1.88. The van der Waals surface area contributed by atoms with Crippen LogP contribution >= 0.6 is 0 Å². The molecular formula is C19H24N2O2S. The second-order valence-corrected chi connectivity index (χ2v) is 10.0. The van der Waals surface area contributed by atoms with Crippen LogP contribution in [0, 0.1) is 5.92 Å². The molecule has 5 heteroatoms. The topological polar surface area (TPSA) is 59.1 Å². The van der Waals surface area contributed by atoms with Crippen LogP contribution in [0.3, 0.4) is 0 Å². The van der Waals surface area contributed by atoms with E-state index < -0.39 is 14.6 Å². The molecule has 1 aromatic heterocycles. The third-order valence-corrected chi connectivity index (χ3v) is 6.80. The van der Waals surface area contributed by atoms with Crippen molar-refractivity contribution in [3.8, 4) is 0 Å². The molecule has 0 radical (unpaired) electrons. The summed E-state index contributed by atoms with van der Waals surface area (Å²) in [6, 6.07) is 14.0. The van der Waals surface area contributed by atoms with E-state index in [1.54, 1.807) is 33.0 Å². The summed E-state index contributed by atoms with van der Waals surface area (Å²) in [5.74, 6) is 0.630. The van der Waals surface area contributed by atoms with E-state index in [0.29, 0.717) is 5.92 Å². The van der Waals surface area contributed by atoms with Gasteiger partial charge in [-0.25, -0.2) is 13.4 Å². The molecule has 24 heavy (non-hydrogen) atoms. The molecule has 1 N–H and O–H groups in total. The third kappa shape index (κ3) is 3.46. The molecule has 128 valence electrons. The van der Waals surface area contributed by atoms with Crippen LogP contribution in [0.1, 0.15) is 45.2 Å². The zero-order chi connectivity index (χ0) is 17.4. The number of benzene rings is 1. The highest BCUT2D eigenvalue weighted by Gasteiger charge is 2.33. The van der Waals surface area contributed by atoms with Crippen molar-refractivity contribution < 1.29 is 8.42 Å². The van der Waals surface area contributed by atoms with Crippen molar-refractivity contribution in [1.82, 2.24) is 4.98 Å². The van der Waals surface area contributed by atoms with E-state index in [2.05, 4.69) is 22.4 Å². The zero-order valence-electron chi connectivity index (χ0n) is 14.4. The number of aromatic nitrogens is 1. The molecule has 1 unspecified atom stereocenters. The zero-order valence-corrected chi connectivity index (χ0v) is 15.2. The van der Waals surface area contributed by atoms with Gasteiger partial charge >= 0.3 is 0 Å². The number of nitrogens with zero attached hydrogens (tertiary/aromatic N) is 1. The summed E-state index contributed by atoms with van der Waals surface area (Å²) in [5.41, 5.74) is 2.11. The van der Waals surface area contributed by atoms with Crippen LogP contribution in [0.2, 0.25) is 0 Å². The molecule has 1 saturated carbocycles. The highest BCUT2D eigenvalue weighted by atomic mass is 32.2. The molecule has 0 saturated heterocycles. The summed E-state index contributed by atoms with van der Waals surface area (Å²) in [7, 11) is -3.42. The molecule has 4 nitrogen and oxygen atoms in total. The molecule has 3 rings (SSSR count). The molecule has 2 aromatic rings. The van der Waals surface area contributed by atoms with Crippen molar-refractivity contribution in [2.75, 3.05) is 5.32 Å². The van der Waals surface area contributed by atoms with E-state index >= 15 is 0 Å². The lowest BCUT2D eigenvalue weighted by molar-refractivity contribution is 0.556. The Balaban J connectivity index is 1.81. The second-order valence-electron chi connectivity index (χ2n) is 7.37. The lowest BCUT2D eigenvalue weighted by Gasteiger charge is -2.21. The molecular weight excluding hydrogens is 320 g/mol. The van der Waals surface area contributed by atoms with E-state index in [1.807, 2.05) is 24.3 Å². The number of rotatable bonds is 5. The van der Waals surface area contributed by atoms with Crippen molar-refractivity contribution >= 4 is 15.5 Å². The Labute approximate surface area is 144 Å². The van der Waals surface area contributed by atoms with Crippen LogP contribution in [-0.2, 0) is 9.84 Å². The van der Waals surface area contributed by atoms with Crippen LogP contribution in [0.5, 0.6) is 0 Å². The average Bonchev–Trinajstić information content (AvgIpc) is 3.37. The normalized spacial score (nSPS) is 16.6. The first-order valence-electron chi connectivity index (χ1n) is 8.31. The van der Waals surface area contributed by atoms with Crippen molar-refractivity contribution in [2.45, 2.75) is 49.4 Å². The first kappa shape index (κ1) is 17.0. The van der Waals surface area contributed by atoms with E-state index in [0.717, 1.165) is 5.69 Å². The third-order valence-electron chi connectivity index (χ3n) is 4.39. The Morgan fingerprint density at radius 3 is 2.25 bits per heavy atom. The minimum atomic E-state index is -3.42.